The predicted molar refractivity (Wildman–Crippen MR) is 95.3 cm³/mol. The Morgan fingerprint density at radius 1 is 1.31 bits per heavy atom. The van der Waals surface area contributed by atoms with Crippen molar-refractivity contribution in [2.75, 3.05) is 0 Å². The summed E-state index contributed by atoms with van der Waals surface area (Å²) in [7, 11) is 0. The maximum Gasteiger partial charge on any atom is 0.329 e. The van der Waals surface area contributed by atoms with Crippen LogP contribution < -0.4 is 4.74 Å². The molecule has 0 saturated heterocycles. The topological polar surface area (TPSA) is 82.6 Å². The molecule has 1 aliphatic rings. The van der Waals surface area contributed by atoms with Gasteiger partial charge in [-0.15, -0.1) is 11.3 Å². The highest BCUT2D eigenvalue weighted by atomic mass is 32.1. The molecule has 0 aliphatic carbocycles. The molecule has 1 atom stereocenters. The molecular weight excluding hydrogens is 354 g/mol. The number of nitrogens with zero attached hydrogens (tertiary/aromatic N) is 1. The number of cyclic esters (lactones) is 1. The molecule has 2 heterocycles. The standard InChI is InChI=1S/C19H15NO5S/c1-12-8-17(22)18(19(23)25-12)16(21)7-4-13-2-5-15(6-3-13)24-9-14-10-26-11-20-14/h2-8,10-11,18H,9H2,1H3. The van der Waals surface area contributed by atoms with Crippen molar-refractivity contribution in [3.63, 3.8) is 0 Å². The SMILES string of the molecule is CC1=CC(=O)C(C(=O)C=Cc2ccc(OCc3cscn3)cc2)C(=O)O1. The van der Waals surface area contributed by atoms with Crippen molar-refractivity contribution in [3.8, 4) is 5.75 Å². The zero-order valence-corrected chi connectivity index (χ0v) is 14.7. The third kappa shape index (κ3) is 4.31. The summed E-state index contributed by atoms with van der Waals surface area (Å²) < 4.78 is 10.4. The van der Waals surface area contributed by atoms with E-state index in [1.807, 2.05) is 5.38 Å². The smallest absolute Gasteiger partial charge is 0.329 e. The van der Waals surface area contributed by atoms with Gasteiger partial charge in [0.25, 0.3) is 0 Å². The van der Waals surface area contributed by atoms with Crippen LogP contribution in [0.25, 0.3) is 6.08 Å². The first-order valence-electron chi connectivity index (χ1n) is 7.78. The van der Waals surface area contributed by atoms with Crippen molar-refractivity contribution in [2.45, 2.75) is 13.5 Å². The number of carbonyl (C=O) groups excluding carboxylic acids is 3. The van der Waals surface area contributed by atoms with E-state index in [9.17, 15) is 14.4 Å². The van der Waals surface area contributed by atoms with Crippen LogP contribution in [-0.4, -0.2) is 22.5 Å². The molecule has 132 valence electrons. The second-order valence-corrected chi connectivity index (χ2v) is 6.30. The summed E-state index contributed by atoms with van der Waals surface area (Å²) in [4.78, 5) is 39.8. The van der Waals surface area contributed by atoms with Gasteiger partial charge in [-0.2, -0.15) is 0 Å². The van der Waals surface area contributed by atoms with E-state index in [4.69, 9.17) is 9.47 Å². The van der Waals surface area contributed by atoms with Gasteiger partial charge in [0.1, 0.15) is 18.1 Å². The van der Waals surface area contributed by atoms with Gasteiger partial charge >= 0.3 is 5.97 Å². The van der Waals surface area contributed by atoms with E-state index in [1.165, 1.54) is 30.4 Å². The molecule has 1 unspecified atom stereocenters. The Balaban J connectivity index is 1.60. The van der Waals surface area contributed by atoms with Gasteiger partial charge in [0.2, 0.25) is 0 Å². The minimum Gasteiger partial charge on any atom is -0.487 e. The number of ketones is 2. The highest BCUT2D eigenvalue weighted by Crippen LogP contribution is 2.18. The Bertz CT molecular complexity index is 881. The first-order valence-corrected chi connectivity index (χ1v) is 8.73. The van der Waals surface area contributed by atoms with Crippen LogP contribution in [0.15, 0.2) is 53.1 Å². The first-order chi connectivity index (χ1) is 12.5. The zero-order valence-electron chi connectivity index (χ0n) is 13.9. The number of rotatable bonds is 6. The van der Waals surface area contributed by atoms with Gasteiger partial charge < -0.3 is 9.47 Å². The van der Waals surface area contributed by atoms with Gasteiger partial charge in [0.05, 0.1) is 11.2 Å². The zero-order chi connectivity index (χ0) is 18.5. The van der Waals surface area contributed by atoms with E-state index in [0.717, 1.165) is 17.3 Å². The molecule has 0 N–H and O–H groups in total. The minimum atomic E-state index is -1.42. The van der Waals surface area contributed by atoms with E-state index in [2.05, 4.69) is 4.98 Å². The Morgan fingerprint density at radius 3 is 2.73 bits per heavy atom. The number of esters is 1. The van der Waals surface area contributed by atoms with Gasteiger partial charge in [-0.25, -0.2) is 4.98 Å². The number of hydrogen-bond acceptors (Lipinski definition) is 7. The quantitative estimate of drug-likeness (QED) is 0.442. The molecule has 3 rings (SSSR count). The van der Waals surface area contributed by atoms with Crippen LogP contribution in [0.3, 0.4) is 0 Å². The number of hydrogen-bond donors (Lipinski definition) is 0. The van der Waals surface area contributed by atoms with Crippen LogP contribution in [0.2, 0.25) is 0 Å². The van der Waals surface area contributed by atoms with Gasteiger partial charge in [-0.1, -0.05) is 18.2 Å². The lowest BCUT2D eigenvalue weighted by Gasteiger charge is -2.15. The van der Waals surface area contributed by atoms with Crippen molar-refractivity contribution in [2.24, 2.45) is 5.92 Å². The van der Waals surface area contributed by atoms with Crippen LogP contribution in [0.5, 0.6) is 5.75 Å². The van der Waals surface area contributed by atoms with Crippen LogP contribution in [0, 0.1) is 5.92 Å². The van der Waals surface area contributed by atoms with Gasteiger partial charge in [0, 0.05) is 11.5 Å². The number of benzene rings is 1. The Morgan fingerprint density at radius 2 is 2.08 bits per heavy atom. The third-order valence-corrected chi connectivity index (χ3v) is 4.24. The maximum atomic E-state index is 12.1. The fourth-order valence-electron chi connectivity index (χ4n) is 2.32. The molecule has 0 amide bonds. The molecule has 0 radical (unpaired) electrons. The van der Waals surface area contributed by atoms with E-state index >= 15 is 0 Å². The lowest BCUT2D eigenvalue weighted by Crippen LogP contribution is -2.34. The third-order valence-electron chi connectivity index (χ3n) is 3.60. The second kappa shape index (κ2) is 7.88. The summed E-state index contributed by atoms with van der Waals surface area (Å²) in [6, 6.07) is 7.07. The fourth-order valence-corrected chi connectivity index (χ4v) is 2.86. The maximum absolute atomic E-state index is 12.1. The van der Waals surface area contributed by atoms with E-state index in [-0.39, 0.29) is 5.76 Å². The van der Waals surface area contributed by atoms with Crippen molar-refractivity contribution >= 4 is 34.9 Å². The highest BCUT2D eigenvalue weighted by molar-refractivity contribution is 7.07. The molecule has 1 aromatic carbocycles. The second-order valence-electron chi connectivity index (χ2n) is 5.58. The lowest BCUT2D eigenvalue weighted by molar-refractivity contribution is -0.151. The molecule has 26 heavy (non-hydrogen) atoms. The molecule has 0 saturated carbocycles. The molecule has 0 fully saturated rings. The van der Waals surface area contributed by atoms with Crippen LogP contribution >= 0.6 is 11.3 Å². The van der Waals surface area contributed by atoms with Gasteiger partial charge in [-0.3, -0.25) is 14.4 Å². The summed E-state index contributed by atoms with van der Waals surface area (Å²) in [5.74, 6) is -2.55. The minimum absolute atomic E-state index is 0.196. The Hall–Kier alpha value is -3.06. The molecule has 0 bridgehead atoms. The van der Waals surface area contributed by atoms with Crippen LogP contribution in [0.1, 0.15) is 18.2 Å². The normalized spacial score (nSPS) is 17.1. The highest BCUT2D eigenvalue weighted by Gasteiger charge is 2.36. The van der Waals surface area contributed by atoms with Gasteiger partial charge in [-0.05, 0) is 30.7 Å². The fraction of sp³-hybridized carbons (Fsp3) is 0.158. The van der Waals surface area contributed by atoms with E-state index in [1.54, 1.807) is 29.8 Å². The van der Waals surface area contributed by atoms with Gasteiger partial charge in [0.15, 0.2) is 17.5 Å². The number of aromatic nitrogens is 1. The summed E-state index contributed by atoms with van der Waals surface area (Å²) in [6.45, 7) is 1.88. The summed E-state index contributed by atoms with van der Waals surface area (Å²) in [5, 5.41) is 1.91. The average molecular weight is 369 g/mol. The van der Waals surface area contributed by atoms with Crippen molar-refractivity contribution in [1.82, 2.24) is 4.98 Å². The number of carbonyl (C=O) groups is 3. The first kappa shape index (κ1) is 17.8. The van der Waals surface area contributed by atoms with Crippen LogP contribution in [-0.2, 0) is 25.7 Å². The van der Waals surface area contributed by atoms with Crippen molar-refractivity contribution in [1.29, 1.82) is 0 Å². The molecule has 1 aliphatic heterocycles. The molecular formula is C19H15NO5S. The van der Waals surface area contributed by atoms with E-state index in [0.29, 0.717) is 12.4 Å². The largest absolute Gasteiger partial charge is 0.487 e. The summed E-state index contributed by atoms with van der Waals surface area (Å²) in [5.41, 5.74) is 3.34. The molecule has 2 aromatic rings. The molecule has 0 spiro atoms. The average Bonchev–Trinajstić information content (AvgIpc) is 3.11. The molecule has 1 aromatic heterocycles. The number of ether oxygens (including phenoxy) is 2. The molecule has 6 nitrogen and oxygen atoms in total. The Kier molecular flexibility index (Phi) is 5.38. The monoisotopic (exact) mass is 369 g/mol. The number of thiazole rings is 1. The lowest BCUT2D eigenvalue weighted by atomic mass is 9.96. The van der Waals surface area contributed by atoms with Crippen molar-refractivity contribution < 1.29 is 23.9 Å². The number of allylic oxidation sites excluding steroid dienone is 3. The van der Waals surface area contributed by atoms with E-state index < -0.39 is 23.5 Å². The van der Waals surface area contributed by atoms with Crippen molar-refractivity contribution in [3.05, 3.63) is 64.3 Å². The van der Waals surface area contributed by atoms with Crippen LogP contribution in [0.4, 0.5) is 0 Å². The predicted octanol–water partition coefficient (Wildman–Crippen LogP) is 2.95. The molecule has 7 heteroatoms. The summed E-state index contributed by atoms with van der Waals surface area (Å²) >= 11 is 1.51. The summed E-state index contributed by atoms with van der Waals surface area (Å²) in [6.07, 6.45) is 3.91. The Labute approximate surface area is 153 Å².